The predicted octanol–water partition coefficient (Wildman–Crippen LogP) is 6.29. The van der Waals surface area contributed by atoms with Crippen molar-refractivity contribution < 1.29 is 28.9 Å². The van der Waals surface area contributed by atoms with E-state index in [0.717, 1.165) is 22.3 Å². The number of aromatic nitrogens is 1. The highest BCUT2D eigenvalue weighted by molar-refractivity contribution is 5.79. The number of rotatable bonds is 12. The second-order valence-electron chi connectivity index (χ2n) is 9.84. The van der Waals surface area contributed by atoms with Crippen LogP contribution in [-0.2, 0) is 22.6 Å². The summed E-state index contributed by atoms with van der Waals surface area (Å²) >= 11 is 0. The third-order valence-corrected chi connectivity index (χ3v) is 7.11. The summed E-state index contributed by atoms with van der Waals surface area (Å²) in [6.07, 6.45) is 3.43. The van der Waals surface area contributed by atoms with Gasteiger partial charge in [0.05, 0.1) is 26.8 Å². The van der Waals surface area contributed by atoms with Crippen LogP contribution in [0.25, 0.3) is 11.1 Å². The van der Waals surface area contributed by atoms with Crippen molar-refractivity contribution in [1.82, 2.24) is 9.88 Å². The van der Waals surface area contributed by atoms with Gasteiger partial charge in [0, 0.05) is 36.4 Å². The number of carboxylic acid groups (broad SMARTS) is 1. The Labute approximate surface area is 239 Å². The van der Waals surface area contributed by atoms with Gasteiger partial charge in [0.15, 0.2) is 0 Å². The molecule has 0 radical (unpaired) electrons. The topological polar surface area (TPSA) is 98.2 Å². The van der Waals surface area contributed by atoms with Gasteiger partial charge in [-0.1, -0.05) is 54.6 Å². The molecule has 8 heteroatoms. The third-order valence-electron chi connectivity index (χ3n) is 7.11. The maximum Gasteiger partial charge on any atom is 0.410 e. The summed E-state index contributed by atoms with van der Waals surface area (Å²) in [5.41, 5.74) is 6.31. The van der Waals surface area contributed by atoms with Crippen molar-refractivity contribution in [2.45, 2.75) is 31.8 Å². The Hall–Kier alpha value is -4.85. The van der Waals surface area contributed by atoms with Gasteiger partial charge in [0.2, 0.25) is 0 Å². The van der Waals surface area contributed by atoms with Gasteiger partial charge in [0.25, 0.3) is 0 Å². The zero-order valence-corrected chi connectivity index (χ0v) is 22.9. The molecule has 1 aliphatic rings. The molecule has 1 aliphatic carbocycles. The van der Waals surface area contributed by atoms with Gasteiger partial charge in [0.1, 0.15) is 18.1 Å². The molecule has 1 aromatic heterocycles. The van der Waals surface area contributed by atoms with E-state index in [1.807, 2.05) is 42.5 Å². The third kappa shape index (κ3) is 6.66. The van der Waals surface area contributed by atoms with Gasteiger partial charge in [-0.05, 0) is 52.4 Å². The monoisotopic (exact) mass is 552 g/mol. The highest BCUT2D eigenvalue weighted by atomic mass is 16.6. The fraction of sp³-hybridized carbons (Fsp3) is 0.242. The van der Waals surface area contributed by atoms with Crippen molar-refractivity contribution in [2.75, 3.05) is 20.3 Å². The Morgan fingerprint density at radius 2 is 1.66 bits per heavy atom. The Kier molecular flexibility index (Phi) is 8.79. The lowest BCUT2D eigenvalue weighted by atomic mass is 9.98. The zero-order valence-electron chi connectivity index (χ0n) is 22.9. The summed E-state index contributed by atoms with van der Waals surface area (Å²) in [4.78, 5) is 30.2. The van der Waals surface area contributed by atoms with E-state index in [1.165, 1.54) is 11.1 Å². The van der Waals surface area contributed by atoms with Crippen LogP contribution >= 0.6 is 0 Å². The number of carboxylic acids is 1. The predicted molar refractivity (Wildman–Crippen MR) is 154 cm³/mol. The molecule has 5 rings (SSSR count). The van der Waals surface area contributed by atoms with Crippen molar-refractivity contribution in [3.8, 4) is 22.6 Å². The molecule has 8 nitrogen and oxygen atoms in total. The number of benzene rings is 3. The number of aliphatic carboxylic acids is 1. The highest BCUT2D eigenvalue weighted by Crippen LogP contribution is 2.44. The molecule has 1 heterocycles. The van der Waals surface area contributed by atoms with Crippen LogP contribution in [0.3, 0.4) is 0 Å². The Morgan fingerprint density at radius 1 is 0.927 bits per heavy atom. The first-order chi connectivity index (χ1) is 20.0. The lowest BCUT2D eigenvalue weighted by Crippen LogP contribution is -2.32. The summed E-state index contributed by atoms with van der Waals surface area (Å²) in [6, 6.07) is 25.6. The van der Waals surface area contributed by atoms with Crippen LogP contribution in [-0.4, -0.2) is 47.4 Å². The number of methoxy groups -OCH3 is 1. The van der Waals surface area contributed by atoms with Crippen LogP contribution in [0.4, 0.5) is 4.79 Å². The van der Waals surface area contributed by atoms with Crippen molar-refractivity contribution in [1.29, 1.82) is 0 Å². The number of nitrogens with zero attached hydrogens (tertiary/aromatic N) is 2. The molecule has 3 aromatic carbocycles. The highest BCUT2D eigenvalue weighted by Gasteiger charge is 2.30. The number of carbonyl (C=O) groups is 2. The van der Waals surface area contributed by atoms with E-state index in [1.54, 1.807) is 36.5 Å². The van der Waals surface area contributed by atoms with E-state index in [0.29, 0.717) is 24.5 Å². The Bertz CT molecular complexity index is 1460. The lowest BCUT2D eigenvalue weighted by Gasteiger charge is -2.24. The summed E-state index contributed by atoms with van der Waals surface area (Å²) in [5, 5.41) is 8.83. The fourth-order valence-corrected chi connectivity index (χ4v) is 5.15. The van der Waals surface area contributed by atoms with E-state index in [9.17, 15) is 9.59 Å². The average molecular weight is 553 g/mol. The zero-order chi connectivity index (χ0) is 28.6. The van der Waals surface area contributed by atoms with Gasteiger partial charge in [-0.25, -0.2) is 4.79 Å². The van der Waals surface area contributed by atoms with Gasteiger partial charge < -0.3 is 19.3 Å². The second kappa shape index (κ2) is 13.0. The van der Waals surface area contributed by atoms with Crippen LogP contribution in [0, 0.1) is 0 Å². The number of ether oxygens (including phenoxy) is 3. The first-order valence-electron chi connectivity index (χ1n) is 13.5. The molecule has 1 amide bonds. The van der Waals surface area contributed by atoms with Gasteiger partial charge in [-0.2, -0.15) is 0 Å². The molecule has 0 atom stereocenters. The van der Waals surface area contributed by atoms with E-state index >= 15 is 0 Å². The summed E-state index contributed by atoms with van der Waals surface area (Å²) < 4.78 is 17.3. The SMILES string of the molecule is COc1cc(OCCCC(=O)O)ccc1CN(Cc1cccnc1)C(=O)OCC1c2ccccc2-c2ccccc21. The standard InChI is InChI=1S/C33H32N2O6/c1-39-31-18-25(40-17-7-13-32(36)37)15-14-24(31)21-35(20-23-8-6-16-34-19-23)33(38)41-22-30-28-11-4-2-9-26(28)27-10-3-5-12-29(27)30/h2-6,8-12,14-16,18-19,30H,7,13,17,20-22H2,1H3,(H,36,37). The molecular formula is C33H32N2O6. The molecule has 0 bridgehead atoms. The van der Waals surface area contributed by atoms with Gasteiger partial charge in [-0.3, -0.25) is 14.7 Å². The molecule has 1 N–H and O–H groups in total. The Balaban J connectivity index is 1.32. The molecule has 4 aromatic rings. The summed E-state index contributed by atoms with van der Waals surface area (Å²) in [6.45, 7) is 1.05. The quantitative estimate of drug-likeness (QED) is 0.206. The molecule has 0 saturated carbocycles. The minimum absolute atomic E-state index is 0.0403. The molecule has 0 saturated heterocycles. The maximum absolute atomic E-state index is 13.6. The van der Waals surface area contributed by atoms with E-state index in [4.69, 9.17) is 19.3 Å². The molecule has 41 heavy (non-hydrogen) atoms. The number of pyridine rings is 1. The molecule has 0 unspecified atom stereocenters. The van der Waals surface area contributed by atoms with Crippen LogP contribution in [0.5, 0.6) is 11.5 Å². The van der Waals surface area contributed by atoms with E-state index in [-0.39, 0.29) is 32.1 Å². The number of carbonyl (C=O) groups excluding carboxylic acids is 1. The van der Waals surface area contributed by atoms with E-state index < -0.39 is 12.1 Å². The largest absolute Gasteiger partial charge is 0.496 e. The molecule has 0 aliphatic heterocycles. The van der Waals surface area contributed by atoms with Crippen molar-refractivity contribution in [3.63, 3.8) is 0 Å². The first kappa shape index (κ1) is 27.7. The lowest BCUT2D eigenvalue weighted by molar-refractivity contribution is -0.137. The normalized spacial score (nSPS) is 11.8. The minimum atomic E-state index is -0.858. The van der Waals surface area contributed by atoms with Crippen LogP contribution < -0.4 is 9.47 Å². The number of amides is 1. The average Bonchev–Trinajstić information content (AvgIpc) is 3.32. The van der Waals surface area contributed by atoms with Crippen LogP contribution in [0.1, 0.15) is 41.0 Å². The number of fused-ring (bicyclic) bond motifs is 3. The summed E-state index contributed by atoms with van der Waals surface area (Å²) in [5.74, 6) is 0.224. The molecular weight excluding hydrogens is 520 g/mol. The number of hydrogen-bond donors (Lipinski definition) is 1. The molecule has 0 fully saturated rings. The van der Waals surface area contributed by atoms with Gasteiger partial charge >= 0.3 is 12.1 Å². The van der Waals surface area contributed by atoms with Crippen molar-refractivity contribution in [2.24, 2.45) is 0 Å². The molecule has 0 spiro atoms. The second-order valence-corrected chi connectivity index (χ2v) is 9.84. The van der Waals surface area contributed by atoms with Crippen molar-refractivity contribution in [3.05, 3.63) is 114 Å². The smallest absolute Gasteiger partial charge is 0.410 e. The minimum Gasteiger partial charge on any atom is -0.496 e. The summed E-state index contributed by atoms with van der Waals surface area (Å²) in [7, 11) is 1.56. The van der Waals surface area contributed by atoms with Crippen LogP contribution in [0.2, 0.25) is 0 Å². The van der Waals surface area contributed by atoms with Crippen LogP contribution in [0.15, 0.2) is 91.3 Å². The van der Waals surface area contributed by atoms with E-state index in [2.05, 4.69) is 29.2 Å². The van der Waals surface area contributed by atoms with Crippen molar-refractivity contribution >= 4 is 12.1 Å². The maximum atomic E-state index is 13.6. The van der Waals surface area contributed by atoms with Gasteiger partial charge in [-0.15, -0.1) is 0 Å². The Morgan fingerprint density at radius 3 is 2.32 bits per heavy atom. The molecule has 210 valence electrons. The number of hydrogen-bond acceptors (Lipinski definition) is 6. The first-order valence-corrected chi connectivity index (χ1v) is 13.5. The fourth-order valence-electron chi connectivity index (χ4n) is 5.15.